The van der Waals surface area contributed by atoms with Gasteiger partial charge in [-0.3, -0.25) is 0 Å². The highest BCUT2D eigenvalue weighted by Gasteiger charge is 2.17. The molecule has 2 aromatic heterocycles. The number of benzene rings is 1. The number of nitrogens with zero attached hydrogens (tertiary/aromatic N) is 5. The summed E-state index contributed by atoms with van der Waals surface area (Å²) in [6.07, 6.45) is 1.75. The van der Waals surface area contributed by atoms with Crippen LogP contribution in [-0.2, 0) is 13.1 Å². The van der Waals surface area contributed by atoms with E-state index < -0.39 is 0 Å². The minimum Gasteiger partial charge on any atom is -0.319 e. The van der Waals surface area contributed by atoms with Crippen molar-refractivity contribution in [2.75, 3.05) is 0 Å². The third kappa shape index (κ3) is 2.53. The van der Waals surface area contributed by atoms with Crippen LogP contribution in [0.2, 0.25) is 0 Å². The lowest BCUT2D eigenvalue weighted by Crippen LogP contribution is -2.10. The summed E-state index contributed by atoms with van der Waals surface area (Å²) >= 11 is 6.31. The van der Waals surface area contributed by atoms with E-state index in [0.717, 1.165) is 29.2 Å². The second kappa shape index (κ2) is 5.48. The Morgan fingerprint density at radius 1 is 1.33 bits per heavy atom. The number of aryl methyl sites for hydroxylation is 2. The first-order valence-electron chi connectivity index (χ1n) is 7.07. The average Bonchev–Trinajstić information content (AvgIpc) is 3.03. The topological polar surface area (TPSA) is 48.5 Å². The standard InChI is InChI=1S/C15H18ClN5/c1-4-20-9-17-19-14(20)8-21-13-6-5-10(2)7-12(13)18-15(21)11(3)16/h5-7,9,11H,4,8H2,1-3H3. The molecule has 5 nitrogen and oxygen atoms in total. The molecular weight excluding hydrogens is 286 g/mol. The quantitative estimate of drug-likeness (QED) is 0.695. The van der Waals surface area contributed by atoms with Gasteiger partial charge in [-0.05, 0) is 38.5 Å². The Kier molecular flexibility index (Phi) is 3.68. The number of hydrogen-bond acceptors (Lipinski definition) is 3. The Balaban J connectivity index is 2.13. The van der Waals surface area contributed by atoms with Crippen LogP contribution in [0.1, 0.15) is 36.4 Å². The molecular formula is C15H18ClN5. The van der Waals surface area contributed by atoms with Crippen molar-refractivity contribution in [1.29, 1.82) is 0 Å². The second-order valence-electron chi connectivity index (χ2n) is 5.20. The van der Waals surface area contributed by atoms with Crippen molar-refractivity contribution >= 4 is 22.6 Å². The molecule has 0 N–H and O–H groups in total. The number of fused-ring (bicyclic) bond motifs is 1. The zero-order chi connectivity index (χ0) is 15.0. The highest BCUT2D eigenvalue weighted by molar-refractivity contribution is 6.20. The summed E-state index contributed by atoms with van der Waals surface area (Å²) in [4.78, 5) is 4.68. The van der Waals surface area contributed by atoms with Crippen molar-refractivity contribution in [3.63, 3.8) is 0 Å². The fourth-order valence-corrected chi connectivity index (χ4v) is 2.70. The van der Waals surface area contributed by atoms with Gasteiger partial charge in [0.05, 0.1) is 23.0 Å². The summed E-state index contributed by atoms with van der Waals surface area (Å²) in [5.74, 6) is 1.78. The number of imidazole rings is 1. The van der Waals surface area contributed by atoms with Crippen molar-refractivity contribution < 1.29 is 0 Å². The summed E-state index contributed by atoms with van der Waals surface area (Å²) in [5, 5.41) is 8.04. The zero-order valence-corrected chi connectivity index (χ0v) is 13.2. The molecule has 1 aromatic carbocycles. The fourth-order valence-electron chi connectivity index (χ4n) is 2.54. The van der Waals surface area contributed by atoms with Crippen LogP contribution in [0.3, 0.4) is 0 Å². The molecule has 0 amide bonds. The third-order valence-electron chi connectivity index (χ3n) is 3.63. The molecule has 0 radical (unpaired) electrons. The smallest absolute Gasteiger partial charge is 0.152 e. The number of alkyl halides is 1. The Bertz CT molecular complexity index is 772. The molecule has 0 spiro atoms. The van der Waals surface area contributed by atoms with E-state index in [0.29, 0.717) is 6.54 Å². The summed E-state index contributed by atoms with van der Waals surface area (Å²) in [6.45, 7) is 7.56. The molecule has 0 saturated heterocycles. The maximum Gasteiger partial charge on any atom is 0.152 e. The van der Waals surface area contributed by atoms with Crippen molar-refractivity contribution in [3.8, 4) is 0 Å². The van der Waals surface area contributed by atoms with Gasteiger partial charge in [-0.15, -0.1) is 21.8 Å². The van der Waals surface area contributed by atoms with Gasteiger partial charge < -0.3 is 9.13 Å². The number of rotatable bonds is 4. The Labute approximate surface area is 128 Å². The van der Waals surface area contributed by atoms with Crippen LogP contribution in [0.5, 0.6) is 0 Å². The summed E-state index contributed by atoms with van der Waals surface area (Å²) in [5.41, 5.74) is 3.24. The number of aromatic nitrogens is 5. The van der Waals surface area contributed by atoms with E-state index in [-0.39, 0.29) is 5.38 Å². The molecule has 0 saturated carbocycles. The Morgan fingerprint density at radius 3 is 2.86 bits per heavy atom. The molecule has 1 atom stereocenters. The lowest BCUT2D eigenvalue weighted by molar-refractivity contribution is 0.639. The third-order valence-corrected chi connectivity index (χ3v) is 3.82. The monoisotopic (exact) mass is 303 g/mol. The molecule has 1 unspecified atom stereocenters. The molecule has 6 heteroatoms. The van der Waals surface area contributed by atoms with Crippen molar-refractivity contribution in [2.45, 2.75) is 39.2 Å². The van der Waals surface area contributed by atoms with Gasteiger partial charge in [-0.1, -0.05) is 6.07 Å². The lowest BCUT2D eigenvalue weighted by atomic mass is 10.2. The maximum absolute atomic E-state index is 6.31. The highest BCUT2D eigenvalue weighted by atomic mass is 35.5. The molecule has 0 fully saturated rings. The Hall–Kier alpha value is -1.88. The van der Waals surface area contributed by atoms with E-state index >= 15 is 0 Å². The molecule has 0 bridgehead atoms. The van der Waals surface area contributed by atoms with Gasteiger partial charge in [0.25, 0.3) is 0 Å². The lowest BCUT2D eigenvalue weighted by Gasteiger charge is -2.10. The first-order valence-corrected chi connectivity index (χ1v) is 7.51. The van der Waals surface area contributed by atoms with Gasteiger partial charge in [-0.25, -0.2) is 4.98 Å². The van der Waals surface area contributed by atoms with Crippen molar-refractivity contribution in [3.05, 3.63) is 41.7 Å². The van der Waals surface area contributed by atoms with Gasteiger partial charge in [0, 0.05) is 6.54 Å². The molecule has 0 aliphatic carbocycles. The maximum atomic E-state index is 6.31. The van der Waals surface area contributed by atoms with Gasteiger partial charge in [0.2, 0.25) is 0 Å². The average molecular weight is 304 g/mol. The van der Waals surface area contributed by atoms with Crippen LogP contribution in [0.4, 0.5) is 0 Å². The SMILES string of the molecule is CCn1cnnc1Cn1c(C(C)Cl)nc2cc(C)ccc21. The summed E-state index contributed by atoms with van der Waals surface area (Å²) in [7, 11) is 0. The minimum atomic E-state index is -0.157. The molecule has 2 heterocycles. The Morgan fingerprint density at radius 2 is 2.14 bits per heavy atom. The normalized spacial score (nSPS) is 13.0. The van der Waals surface area contributed by atoms with Crippen LogP contribution in [0.25, 0.3) is 11.0 Å². The first kappa shape index (κ1) is 14.1. The zero-order valence-electron chi connectivity index (χ0n) is 12.4. The number of hydrogen-bond donors (Lipinski definition) is 0. The highest BCUT2D eigenvalue weighted by Crippen LogP contribution is 2.26. The van der Waals surface area contributed by atoms with E-state index in [2.05, 4.69) is 51.8 Å². The van der Waals surface area contributed by atoms with Crippen molar-refractivity contribution in [2.24, 2.45) is 0 Å². The molecule has 3 rings (SSSR count). The predicted octanol–water partition coefficient (Wildman–Crippen LogP) is 3.30. The van der Waals surface area contributed by atoms with Crippen molar-refractivity contribution in [1.82, 2.24) is 24.3 Å². The predicted molar refractivity (Wildman–Crippen MR) is 83.5 cm³/mol. The first-order chi connectivity index (χ1) is 10.1. The summed E-state index contributed by atoms with van der Waals surface area (Å²) in [6, 6.07) is 6.26. The van der Waals surface area contributed by atoms with Crippen LogP contribution in [0, 0.1) is 6.92 Å². The van der Waals surface area contributed by atoms with Gasteiger partial charge >= 0.3 is 0 Å². The fraction of sp³-hybridized carbons (Fsp3) is 0.400. The van der Waals surface area contributed by atoms with E-state index in [9.17, 15) is 0 Å². The number of halogens is 1. The molecule has 3 aromatic rings. The second-order valence-corrected chi connectivity index (χ2v) is 5.85. The largest absolute Gasteiger partial charge is 0.319 e. The summed E-state index contributed by atoms with van der Waals surface area (Å²) < 4.78 is 4.16. The van der Waals surface area contributed by atoms with Crippen LogP contribution < -0.4 is 0 Å². The molecule has 0 aliphatic heterocycles. The van der Waals surface area contributed by atoms with Crippen LogP contribution in [-0.4, -0.2) is 24.3 Å². The van der Waals surface area contributed by atoms with E-state index in [1.807, 2.05) is 11.5 Å². The minimum absolute atomic E-state index is 0.157. The van der Waals surface area contributed by atoms with Crippen LogP contribution in [0.15, 0.2) is 24.5 Å². The van der Waals surface area contributed by atoms with Gasteiger partial charge in [0.15, 0.2) is 5.82 Å². The molecule has 110 valence electrons. The van der Waals surface area contributed by atoms with Gasteiger partial charge in [-0.2, -0.15) is 0 Å². The van der Waals surface area contributed by atoms with Gasteiger partial charge in [0.1, 0.15) is 12.2 Å². The van der Waals surface area contributed by atoms with Crippen LogP contribution >= 0.6 is 11.6 Å². The van der Waals surface area contributed by atoms with E-state index in [1.165, 1.54) is 5.56 Å². The molecule has 21 heavy (non-hydrogen) atoms. The van der Waals surface area contributed by atoms with E-state index in [1.54, 1.807) is 6.33 Å². The molecule has 0 aliphatic rings. The van der Waals surface area contributed by atoms with E-state index in [4.69, 9.17) is 11.6 Å².